The molecule has 14 heteroatoms. The summed E-state index contributed by atoms with van der Waals surface area (Å²) >= 11 is 0. The van der Waals surface area contributed by atoms with Crippen molar-refractivity contribution in [2.75, 3.05) is 11.9 Å². The van der Waals surface area contributed by atoms with Gasteiger partial charge in [0.1, 0.15) is 24.6 Å². The van der Waals surface area contributed by atoms with Gasteiger partial charge in [-0.3, -0.25) is 19.0 Å². The molecule has 3 rings (SSSR count). The molecule has 224 valence electrons. The highest BCUT2D eigenvalue weighted by Crippen LogP contribution is 2.44. The zero-order valence-electron chi connectivity index (χ0n) is 23.5. The Morgan fingerprint density at radius 2 is 1.77 bits per heavy atom. The Hall–Kier alpha value is -2.97. The Kier molecular flexibility index (Phi) is 10.0. The summed E-state index contributed by atoms with van der Waals surface area (Å²) in [6, 6.07) is -0.00471. The van der Waals surface area contributed by atoms with Crippen LogP contribution in [0.25, 0.3) is 0 Å². The number of esters is 2. The van der Waals surface area contributed by atoms with Crippen molar-refractivity contribution < 1.29 is 42.1 Å². The highest BCUT2D eigenvalue weighted by atomic mass is 19.3. The van der Waals surface area contributed by atoms with E-state index in [1.807, 2.05) is 13.8 Å². The van der Waals surface area contributed by atoms with E-state index in [1.54, 1.807) is 27.7 Å². The lowest BCUT2D eigenvalue weighted by Crippen LogP contribution is -2.48. The molecule has 12 nitrogen and oxygen atoms in total. The van der Waals surface area contributed by atoms with Gasteiger partial charge in [0.05, 0.1) is 18.1 Å². The number of rotatable bonds is 9. The van der Waals surface area contributed by atoms with E-state index in [0.29, 0.717) is 17.4 Å². The van der Waals surface area contributed by atoms with Gasteiger partial charge in [-0.2, -0.15) is 13.8 Å². The predicted molar refractivity (Wildman–Crippen MR) is 137 cm³/mol. The number of nitrogens with two attached hydrogens (primary N) is 1. The van der Waals surface area contributed by atoms with Crippen LogP contribution in [0, 0.1) is 17.8 Å². The van der Waals surface area contributed by atoms with Crippen LogP contribution in [0.5, 0.6) is 0 Å². The average molecular weight is 573 g/mol. The third-order valence-electron chi connectivity index (χ3n) is 6.85. The van der Waals surface area contributed by atoms with Crippen molar-refractivity contribution in [2.24, 2.45) is 23.5 Å². The van der Waals surface area contributed by atoms with Crippen LogP contribution in [0.1, 0.15) is 60.6 Å². The molecule has 2 saturated heterocycles. The Balaban J connectivity index is 1.82. The summed E-state index contributed by atoms with van der Waals surface area (Å²) in [4.78, 5) is 53.7. The largest absolute Gasteiger partial charge is 0.463 e. The molecule has 0 radical (unpaired) electrons. The molecule has 2 aliphatic rings. The fraction of sp³-hybridized carbons (Fsp3) is 0.731. The molecule has 3 N–H and O–H groups in total. The molecule has 0 saturated carbocycles. The van der Waals surface area contributed by atoms with Gasteiger partial charge in [0.2, 0.25) is 12.1 Å². The number of hydrogen-bond donors (Lipinski definition) is 2. The van der Waals surface area contributed by atoms with Gasteiger partial charge in [0, 0.05) is 12.1 Å². The van der Waals surface area contributed by atoms with Crippen molar-refractivity contribution in [2.45, 2.75) is 97.0 Å². The van der Waals surface area contributed by atoms with Crippen LogP contribution >= 0.6 is 0 Å². The van der Waals surface area contributed by atoms with Crippen molar-refractivity contribution in [1.82, 2.24) is 9.55 Å². The summed E-state index contributed by atoms with van der Waals surface area (Å²) in [6.45, 7) is 9.41. The number of halogens is 2. The number of hydrogen-bond acceptors (Lipinski definition) is 10. The van der Waals surface area contributed by atoms with Crippen LogP contribution in [0.2, 0.25) is 0 Å². The summed E-state index contributed by atoms with van der Waals surface area (Å²) in [5.74, 6) is -7.51. The predicted octanol–water partition coefficient (Wildman–Crippen LogP) is 2.01. The summed E-state index contributed by atoms with van der Waals surface area (Å²) in [7, 11) is 0. The van der Waals surface area contributed by atoms with E-state index < -0.39 is 66.5 Å². The number of carbonyl (C=O) groups is 3. The number of ether oxygens (including phenoxy) is 4. The summed E-state index contributed by atoms with van der Waals surface area (Å²) in [5, 5.41) is 2.55. The Bertz CT molecular complexity index is 1130. The van der Waals surface area contributed by atoms with E-state index in [0.717, 1.165) is 6.20 Å². The molecule has 40 heavy (non-hydrogen) atoms. The lowest BCUT2D eigenvalue weighted by Gasteiger charge is -2.31. The van der Waals surface area contributed by atoms with Gasteiger partial charge in [-0.1, -0.05) is 27.7 Å². The highest BCUT2D eigenvalue weighted by Gasteiger charge is 2.63. The molecule has 2 unspecified atom stereocenters. The maximum absolute atomic E-state index is 15.7. The van der Waals surface area contributed by atoms with Gasteiger partial charge >= 0.3 is 23.6 Å². The van der Waals surface area contributed by atoms with Crippen LogP contribution in [0.15, 0.2) is 17.1 Å². The first-order valence-corrected chi connectivity index (χ1v) is 13.3. The molecule has 0 spiro atoms. The van der Waals surface area contributed by atoms with Crippen LogP contribution in [0.4, 0.5) is 14.6 Å². The summed E-state index contributed by atoms with van der Waals surface area (Å²) < 4.78 is 53.1. The van der Waals surface area contributed by atoms with Gasteiger partial charge < -0.3 is 30.0 Å². The number of nitrogens with zero attached hydrogens (tertiary/aromatic N) is 2. The Morgan fingerprint density at radius 1 is 1.15 bits per heavy atom. The fourth-order valence-electron chi connectivity index (χ4n) is 4.56. The van der Waals surface area contributed by atoms with E-state index in [4.69, 9.17) is 24.7 Å². The maximum Gasteiger partial charge on any atom is 0.351 e. The van der Waals surface area contributed by atoms with Crippen molar-refractivity contribution in [1.29, 1.82) is 0 Å². The lowest BCUT2D eigenvalue weighted by molar-refractivity contribution is -0.179. The zero-order chi connectivity index (χ0) is 29.9. The van der Waals surface area contributed by atoms with E-state index in [2.05, 4.69) is 10.3 Å². The number of amides is 1. The second-order valence-electron chi connectivity index (χ2n) is 11.0. The quantitative estimate of drug-likeness (QED) is 0.419. The Labute approximate surface area is 230 Å². The number of aromatic nitrogens is 2. The number of nitrogens with one attached hydrogen (secondary N) is 1. The fourth-order valence-corrected chi connectivity index (χ4v) is 4.56. The second kappa shape index (κ2) is 12.7. The van der Waals surface area contributed by atoms with Crippen LogP contribution in [-0.4, -0.2) is 70.4 Å². The third-order valence-corrected chi connectivity index (χ3v) is 6.85. The second-order valence-corrected chi connectivity index (χ2v) is 11.0. The molecule has 1 aromatic heterocycles. The first-order valence-electron chi connectivity index (χ1n) is 13.3. The summed E-state index contributed by atoms with van der Waals surface area (Å²) in [6.07, 6.45) is -4.32. The Morgan fingerprint density at radius 3 is 2.33 bits per heavy atom. The number of alkyl halides is 2. The zero-order valence-corrected chi connectivity index (χ0v) is 23.5. The smallest absolute Gasteiger partial charge is 0.351 e. The monoisotopic (exact) mass is 572 g/mol. The van der Waals surface area contributed by atoms with Crippen LogP contribution in [-0.2, 0) is 33.3 Å². The van der Waals surface area contributed by atoms with Crippen molar-refractivity contribution >= 4 is 23.7 Å². The van der Waals surface area contributed by atoms with Gasteiger partial charge in [-0.25, -0.2) is 4.79 Å². The minimum Gasteiger partial charge on any atom is -0.463 e. The highest BCUT2D eigenvalue weighted by molar-refractivity contribution is 5.91. The lowest BCUT2D eigenvalue weighted by atomic mass is 9.92. The number of anilines is 1. The first kappa shape index (κ1) is 31.6. The van der Waals surface area contributed by atoms with E-state index in [-0.39, 0.29) is 29.9 Å². The normalized spacial score (nSPS) is 28.8. The third kappa shape index (κ3) is 7.21. The summed E-state index contributed by atoms with van der Waals surface area (Å²) in [5.41, 5.74) is 4.64. The van der Waals surface area contributed by atoms with Gasteiger partial charge in [-0.05, 0) is 38.7 Å². The molecular weight excluding hydrogens is 534 g/mol. The topological polar surface area (TPSA) is 161 Å². The van der Waals surface area contributed by atoms with Crippen LogP contribution in [0.3, 0.4) is 0 Å². The average Bonchev–Trinajstić information content (AvgIpc) is 3.10. The van der Waals surface area contributed by atoms with Gasteiger partial charge in [-0.15, -0.1) is 0 Å². The first-order chi connectivity index (χ1) is 18.6. The molecule has 3 heterocycles. The molecular formula is C26H38F2N4O8. The molecule has 6 atom stereocenters. The van der Waals surface area contributed by atoms with E-state index >= 15 is 8.78 Å². The van der Waals surface area contributed by atoms with E-state index in [1.165, 1.54) is 6.07 Å². The van der Waals surface area contributed by atoms with Crippen molar-refractivity contribution in [3.05, 3.63) is 22.7 Å². The molecule has 2 aliphatic heterocycles. The minimum absolute atomic E-state index is 0.118. The molecule has 1 aromatic rings. The van der Waals surface area contributed by atoms with Gasteiger partial charge in [0.15, 0.2) is 6.10 Å². The molecule has 0 bridgehead atoms. The van der Waals surface area contributed by atoms with Crippen LogP contribution < -0.4 is 16.7 Å². The van der Waals surface area contributed by atoms with Crippen molar-refractivity contribution in [3.63, 3.8) is 0 Å². The number of carbonyl (C=O) groups excluding carboxylic acids is 3. The molecule has 1 amide bonds. The minimum atomic E-state index is -3.94. The SMILES string of the molecule is CC1CC(C(=O)Nc2ccn([C@@H]3O[C@H](COC(=O)C(C)C)[C@@H](OC(=O)[C@@H](N)C(C)C)C3(F)F)c(=O)n2)CC(C)O1. The van der Waals surface area contributed by atoms with Gasteiger partial charge in [0.25, 0.3) is 0 Å². The molecule has 0 aliphatic carbocycles. The van der Waals surface area contributed by atoms with E-state index in [9.17, 15) is 19.2 Å². The van der Waals surface area contributed by atoms with Crippen molar-refractivity contribution in [3.8, 4) is 0 Å². The maximum atomic E-state index is 15.7. The molecule has 2 fully saturated rings. The molecule has 0 aromatic carbocycles. The standard InChI is InChI=1S/C26H38F2N4O8/c1-12(2)19(29)23(35)40-20-17(11-37-22(34)13(3)4)39-24(26(20,27)28)32-8-7-18(31-25(32)36)30-21(33)16-9-14(5)38-15(6)10-16/h7-8,12-17,19-20,24H,9-11,29H2,1-6H3,(H,30,31,33,36)/t14?,15?,16?,17-,19+,20-,24-/m1/s1.